The summed E-state index contributed by atoms with van der Waals surface area (Å²) in [4.78, 5) is 0. The molecular formula is C13H22S. The highest BCUT2D eigenvalue weighted by Gasteiger charge is 2.34. The van der Waals surface area contributed by atoms with Crippen LogP contribution in [0.5, 0.6) is 0 Å². The lowest BCUT2D eigenvalue weighted by Gasteiger charge is -2.41. The lowest BCUT2D eigenvalue weighted by atomic mass is 9.66. The van der Waals surface area contributed by atoms with E-state index in [4.69, 9.17) is 12.6 Å². The van der Waals surface area contributed by atoms with Crippen molar-refractivity contribution >= 4 is 12.6 Å². The molecule has 0 aromatic carbocycles. The molecule has 0 aromatic heterocycles. The van der Waals surface area contributed by atoms with Crippen molar-refractivity contribution in [2.45, 2.75) is 57.1 Å². The maximum absolute atomic E-state index is 4.75. The summed E-state index contributed by atoms with van der Waals surface area (Å²) >= 11 is 4.75. The smallest absolute Gasteiger partial charge is 0.0283 e. The zero-order valence-corrected chi connectivity index (χ0v) is 10.3. The first-order chi connectivity index (χ1) is 6.62. The second-order valence-electron chi connectivity index (χ2n) is 5.28. The van der Waals surface area contributed by atoms with Crippen LogP contribution in [0.2, 0.25) is 0 Å². The molecule has 0 amide bonds. The van der Waals surface area contributed by atoms with E-state index in [-0.39, 0.29) is 4.75 Å². The van der Waals surface area contributed by atoms with Crippen molar-refractivity contribution in [1.29, 1.82) is 0 Å². The number of thiol groups is 1. The monoisotopic (exact) mass is 210 g/mol. The molecule has 0 N–H and O–H groups in total. The topological polar surface area (TPSA) is 0 Å². The molecule has 2 aliphatic carbocycles. The summed E-state index contributed by atoms with van der Waals surface area (Å²) in [5, 5.41) is 0. The summed E-state index contributed by atoms with van der Waals surface area (Å²) in [5.74, 6) is 1.89. The van der Waals surface area contributed by atoms with Crippen LogP contribution in [0.4, 0.5) is 0 Å². The van der Waals surface area contributed by atoms with Crippen LogP contribution in [0.15, 0.2) is 11.6 Å². The summed E-state index contributed by atoms with van der Waals surface area (Å²) in [6.07, 6.45) is 10.7. The maximum Gasteiger partial charge on any atom is 0.0283 e. The van der Waals surface area contributed by atoms with Gasteiger partial charge >= 0.3 is 0 Å². The molecule has 0 radical (unpaired) electrons. The predicted octanol–water partition coefficient (Wildman–Crippen LogP) is 4.22. The Bertz CT molecular complexity index is 240. The molecule has 1 fully saturated rings. The van der Waals surface area contributed by atoms with Crippen molar-refractivity contribution in [2.24, 2.45) is 11.8 Å². The van der Waals surface area contributed by atoms with E-state index in [9.17, 15) is 0 Å². The lowest BCUT2D eigenvalue weighted by Crippen LogP contribution is -2.30. The van der Waals surface area contributed by atoms with Gasteiger partial charge in [-0.05, 0) is 44.4 Å². The fourth-order valence-corrected chi connectivity index (χ4v) is 3.40. The van der Waals surface area contributed by atoms with Crippen LogP contribution >= 0.6 is 12.6 Å². The van der Waals surface area contributed by atoms with Crippen molar-refractivity contribution in [3.8, 4) is 0 Å². The first kappa shape index (κ1) is 10.6. The fraction of sp³-hybridized carbons (Fsp3) is 0.846. The van der Waals surface area contributed by atoms with E-state index in [0.29, 0.717) is 0 Å². The maximum atomic E-state index is 4.75. The molecule has 2 aliphatic rings. The van der Waals surface area contributed by atoms with Gasteiger partial charge in [-0.25, -0.2) is 0 Å². The minimum absolute atomic E-state index is 0.173. The number of hydrogen-bond donors (Lipinski definition) is 1. The van der Waals surface area contributed by atoms with Crippen LogP contribution in [0.3, 0.4) is 0 Å². The highest BCUT2D eigenvalue weighted by atomic mass is 32.1. The van der Waals surface area contributed by atoms with Gasteiger partial charge in [0.05, 0.1) is 0 Å². The van der Waals surface area contributed by atoms with Gasteiger partial charge in [0.15, 0.2) is 0 Å². The molecule has 3 atom stereocenters. The Kier molecular flexibility index (Phi) is 2.97. The molecular weight excluding hydrogens is 188 g/mol. The average Bonchev–Trinajstić information content (AvgIpc) is 2.09. The molecule has 2 unspecified atom stereocenters. The molecule has 2 rings (SSSR count). The van der Waals surface area contributed by atoms with E-state index in [2.05, 4.69) is 19.9 Å². The Morgan fingerprint density at radius 2 is 2.29 bits per heavy atom. The highest BCUT2D eigenvalue weighted by molar-refractivity contribution is 7.82. The van der Waals surface area contributed by atoms with E-state index >= 15 is 0 Å². The first-order valence-corrected chi connectivity index (χ1v) is 6.51. The number of hydrogen-bond acceptors (Lipinski definition) is 1. The van der Waals surface area contributed by atoms with Gasteiger partial charge in [0.2, 0.25) is 0 Å². The molecule has 1 heteroatoms. The molecule has 14 heavy (non-hydrogen) atoms. The Balaban J connectivity index is 2.16. The quantitative estimate of drug-likeness (QED) is 0.486. The zero-order valence-electron chi connectivity index (χ0n) is 9.42. The van der Waals surface area contributed by atoms with Gasteiger partial charge in [0, 0.05) is 4.75 Å². The third-order valence-electron chi connectivity index (χ3n) is 4.07. The number of allylic oxidation sites excluding steroid dienone is 1. The second-order valence-corrected chi connectivity index (χ2v) is 6.30. The molecule has 0 saturated heterocycles. The van der Waals surface area contributed by atoms with E-state index in [1.54, 1.807) is 5.57 Å². The Morgan fingerprint density at radius 3 is 2.86 bits per heavy atom. The Hall–Kier alpha value is 0.0900. The minimum atomic E-state index is 0.173. The van der Waals surface area contributed by atoms with Crippen LogP contribution in [0.1, 0.15) is 52.4 Å². The summed E-state index contributed by atoms with van der Waals surface area (Å²) in [7, 11) is 0. The van der Waals surface area contributed by atoms with E-state index < -0.39 is 0 Å². The predicted molar refractivity (Wildman–Crippen MR) is 65.8 cm³/mol. The molecule has 80 valence electrons. The summed E-state index contributed by atoms with van der Waals surface area (Å²) in [6, 6.07) is 0. The number of rotatable bonds is 1. The Labute approximate surface area is 93.6 Å². The minimum Gasteiger partial charge on any atom is -0.169 e. The Morgan fingerprint density at radius 1 is 1.50 bits per heavy atom. The van der Waals surface area contributed by atoms with Crippen LogP contribution in [-0.4, -0.2) is 4.75 Å². The van der Waals surface area contributed by atoms with Crippen LogP contribution in [-0.2, 0) is 0 Å². The fourth-order valence-electron chi connectivity index (χ4n) is 3.08. The standard InChI is InChI=1S/C13H22S/c1-3-10-5-4-8-13(2,14)9-11-6-7-12(10)11/h9-10,12,14H,3-8H2,1-2H3/b11-9-/t10-,12?,13?/m0/s1. The van der Waals surface area contributed by atoms with Crippen LogP contribution in [0.25, 0.3) is 0 Å². The molecule has 1 saturated carbocycles. The first-order valence-electron chi connectivity index (χ1n) is 6.06. The van der Waals surface area contributed by atoms with Gasteiger partial charge in [0.1, 0.15) is 0 Å². The third-order valence-corrected chi connectivity index (χ3v) is 4.42. The van der Waals surface area contributed by atoms with Gasteiger partial charge < -0.3 is 0 Å². The van der Waals surface area contributed by atoms with E-state index in [1.807, 2.05) is 0 Å². The largest absolute Gasteiger partial charge is 0.169 e. The van der Waals surface area contributed by atoms with E-state index in [1.165, 1.54) is 38.5 Å². The van der Waals surface area contributed by atoms with E-state index in [0.717, 1.165) is 11.8 Å². The summed E-state index contributed by atoms with van der Waals surface area (Å²) < 4.78 is 0.173. The van der Waals surface area contributed by atoms with Gasteiger partial charge in [-0.15, -0.1) is 0 Å². The van der Waals surface area contributed by atoms with Gasteiger partial charge in [-0.2, -0.15) is 12.6 Å². The van der Waals surface area contributed by atoms with Gasteiger partial charge in [-0.3, -0.25) is 0 Å². The highest BCUT2D eigenvalue weighted by Crippen LogP contribution is 2.46. The van der Waals surface area contributed by atoms with Crippen molar-refractivity contribution in [3.63, 3.8) is 0 Å². The van der Waals surface area contributed by atoms with Crippen molar-refractivity contribution in [2.75, 3.05) is 0 Å². The molecule has 0 spiro atoms. The van der Waals surface area contributed by atoms with Crippen molar-refractivity contribution in [1.82, 2.24) is 0 Å². The van der Waals surface area contributed by atoms with Crippen LogP contribution < -0.4 is 0 Å². The molecule has 0 aliphatic heterocycles. The van der Waals surface area contributed by atoms with Gasteiger partial charge in [0.25, 0.3) is 0 Å². The van der Waals surface area contributed by atoms with Crippen molar-refractivity contribution < 1.29 is 0 Å². The van der Waals surface area contributed by atoms with Gasteiger partial charge in [-0.1, -0.05) is 31.4 Å². The normalized spacial score (nSPS) is 46.6. The summed E-state index contributed by atoms with van der Waals surface area (Å²) in [5.41, 5.74) is 1.72. The zero-order chi connectivity index (χ0) is 10.2. The average molecular weight is 210 g/mol. The third kappa shape index (κ3) is 2.03. The molecule has 0 aromatic rings. The van der Waals surface area contributed by atoms with Crippen LogP contribution in [0, 0.1) is 11.8 Å². The SMILES string of the molecule is CC[C@H]1CCCC(C)(S)/C=C2/CCC21. The molecule has 0 bridgehead atoms. The molecule has 0 heterocycles. The lowest BCUT2D eigenvalue weighted by molar-refractivity contribution is 0.252. The van der Waals surface area contributed by atoms with Crippen molar-refractivity contribution in [3.05, 3.63) is 11.6 Å². The summed E-state index contributed by atoms with van der Waals surface area (Å²) in [6.45, 7) is 4.62. The number of fused-ring (bicyclic) bond motifs is 1. The second kappa shape index (κ2) is 3.92. The molecule has 0 nitrogen and oxygen atoms in total.